The average Bonchev–Trinajstić information content (AvgIpc) is 3.46. The maximum Gasteiger partial charge on any atom is 0.230 e. The molecule has 2 aromatic rings. The second-order valence-electron chi connectivity index (χ2n) is 7.46. The Morgan fingerprint density at radius 3 is 2.52 bits per heavy atom. The normalized spacial score (nSPS) is 17.6. The van der Waals surface area contributed by atoms with Gasteiger partial charge in [-0.3, -0.25) is 4.79 Å². The zero-order valence-electron chi connectivity index (χ0n) is 16.1. The lowest BCUT2D eigenvalue weighted by molar-refractivity contribution is -0.136. The molecule has 27 heavy (non-hydrogen) atoms. The smallest absolute Gasteiger partial charge is 0.230 e. The van der Waals surface area contributed by atoms with E-state index in [2.05, 4.69) is 33.9 Å². The molecule has 0 N–H and O–H groups in total. The third kappa shape index (κ3) is 3.82. The second kappa shape index (κ2) is 7.66. The predicted molar refractivity (Wildman–Crippen MR) is 102 cm³/mol. The van der Waals surface area contributed by atoms with Gasteiger partial charge in [0.15, 0.2) is 0 Å². The molecule has 3 heterocycles. The first kappa shape index (κ1) is 17.9. The summed E-state index contributed by atoms with van der Waals surface area (Å²) in [5.41, 5.74) is 0.872. The van der Waals surface area contributed by atoms with Crippen LogP contribution in [0.2, 0.25) is 0 Å². The van der Waals surface area contributed by atoms with Gasteiger partial charge in [0.05, 0.1) is 0 Å². The summed E-state index contributed by atoms with van der Waals surface area (Å²) in [5, 5.41) is 4.07. The Labute approximate surface area is 159 Å². The predicted octanol–water partition coefficient (Wildman–Crippen LogP) is 3.09. The first-order valence-electron chi connectivity index (χ1n) is 10.0. The largest absolute Gasteiger partial charge is 0.353 e. The van der Waals surface area contributed by atoms with E-state index >= 15 is 0 Å². The van der Waals surface area contributed by atoms with Crippen molar-refractivity contribution in [1.82, 2.24) is 20.0 Å². The Hall–Kier alpha value is -2.44. The highest BCUT2D eigenvalue weighted by Gasteiger charge is 2.30. The molecule has 1 aliphatic carbocycles. The van der Waals surface area contributed by atoms with Crippen molar-refractivity contribution in [2.75, 3.05) is 31.1 Å². The molecule has 1 saturated heterocycles. The van der Waals surface area contributed by atoms with Crippen LogP contribution in [-0.2, 0) is 4.79 Å². The van der Waals surface area contributed by atoms with Gasteiger partial charge in [0.1, 0.15) is 5.82 Å². The van der Waals surface area contributed by atoms with E-state index in [1.54, 1.807) is 6.20 Å². The zero-order chi connectivity index (χ0) is 18.8. The lowest BCUT2D eigenvalue weighted by Gasteiger charge is -2.36. The van der Waals surface area contributed by atoms with Gasteiger partial charge in [-0.25, -0.2) is 4.98 Å². The van der Waals surface area contributed by atoms with Crippen molar-refractivity contribution in [2.45, 2.75) is 45.4 Å². The minimum atomic E-state index is 0.157. The molecule has 7 nitrogen and oxygen atoms in total. The number of nitrogens with zero attached hydrogens (tertiary/aromatic N) is 5. The molecule has 0 atom stereocenters. The summed E-state index contributed by atoms with van der Waals surface area (Å²) < 4.78 is 5.32. The summed E-state index contributed by atoms with van der Waals surface area (Å²) in [6.45, 7) is 7.32. The van der Waals surface area contributed by atoms with Crippen molar-refractivity contribution in [1.29, 1.82) is 0 Å². The number of aromatic nitrogens is 3. The average molecular weight is 369 g/mol. The fraction of sp³-hybridized carbons (Fsp3) is 0.600. The Bertz CT molecular complexity index is 772. The number of anilines is 1. The molecule has 0 spiro atoms. The molecule has 1 amide bonds. The van der Waals surface area contributed by atoms with E-state index in [9.17, 15) is 4.79 Å². The van der Waals surface area contributed by atoms with E-state index in [1.165, 1.54) is 0 Å². The van der Waals surface area contributed by atoms with Crippen molar-refractivity contribution in [3.63, 3.8) is 0 Å². The van der Waals surface area contributed by atoms with Crippen molar-refractivity contribution in [3.8, 4) is 11.4 Å². The minimum Gasteiger partial charge on any atom is -0.353 e. The van der Waals surface area contributed by atoms with Crippen LogP contribution in [0.15, 0.2) is 22.9 Å². The van der Waals surface area contributed by atoms with Crippen LogP contribution in [0.3, 0.4) is 0 Å². The Balaban J connectivity index is 1.36. The molecular weight excluding hydrogens is 342 g/mol. The van der Waals surface area contributed by atoms with Gasteiger partial charge in [0, 0.05) is 49.8 Å². The monoisotopic (exact) mass is 369 g/mol. The lowest BCUT2D eigenvalue weighted by Crippen LogP contribution is -2.50. The molecule has 0 aromatic carbocycles. The van der Waals surface area contributed by atoms with Crippen LogP contribution in [0.1, 0.15) is 51.3 Å². The van der Waals surface area contributed by atoms with Crippen LogP contribution in [0.4, 0.5) is 5.82 Å². The van der Waals surface area contributed by atoms with E-state index in [4.69, 9.17) is 4.52 Å². The Morgan fingerprint density at radius 2 is 1.93 bits per heavy atom. The molecule has 2 aliphatic rings. The molecular formula is C20H27N5O2. The molecule has 2 fully saturated rings. The maximum atomic E-state index is 12.5. The fourth-order valence-electron chi connectivity index (χ4n) is 3.61. The molecule has 0 bridgehead atoms. The molecule has 2 aromatic heterocycles. The Morgan fingerprint density at radius 1 is 1.19 bits per heavy atom. The van der Waals surface area contributed by atoms with Gasteiger partial charge >= 0.3 is 0 Å². The zero-order valence-corrected chi connectivity index (χ0v) is 16.1. The number of carbonyl (C=O) groups excluding carboxylic acids is 1. The van der Waals surface area contributed by atoms with Gasteiger partial charge in [0.25, 0.3) is 0 Å². The Kier molecular flexibility index (Phi) is 5.09. The standard InChI is InChI=1S/C20H27N5O2/c1-3-14(4-2)20(26)25-11-9-24(10-12-25)17-8-7-16(13-21-17)18-22-19(27-23-18)15-5-6-15/h7-8,13-15H,3-6,9-12H2,1-2H3. The molecule has 0 radical (unpaired) electrons. The van der Waals surface area contributed by atoms with E-state index in [-0.39, 0.29) is 5.92 Å². The van der Waals surface area contributed by atoms with E-state index in [1.807, 2.05) is 17.0 Å². The van der Waals surface area contributed by atoms with Gasteiger partial charge < -0.3 is 14.3 Å². The highest BCUT2D eigenvalue weighted by Crippen LogP contribution is 2.39. The van der Waals surface area contributed by atoms with Crippen molar-refractivity contribution in [2.24, 2.45) is 5.92 Å². The number of carbonyl (C=O) groups is 1. The summed E-state index contributed by atoms with van der Waals surface area (Å²) in [7, 11) is 0. The molecule has 4 rings (SSSR count). The SMILES string of the molecule is CCC(CC)C(=O)N1CCN(c2ccc(-c3noc(C4CC4)n3)cn2)CC1. The highest BCUT2D eigenvalue weighted by molar-refractivity contribution is 5.79. The second-order valence-corrected chi connectivity index (χ2v) is 7.46. The molecule has 0 unspecified atom stereocenters. The number of piperazine rings is 1. The van der Waals surface area contributed by atoms with Crippen molar-refractivity contribution < 1.29 is 9.32 Å². The summed E-state index contributed by atoms with van der Waals surface area (Å²) >= 11 is 0. The lowest BCUT2D eigenvalue weighted by atomic mass is 10.0. The van der Waals surface area contributed by atoms with E-state index in [0.29, 0.717) is 17.6 Å². The highest BCUT2D eigenvalue weighted by atomic mass is 16.5. The first-order valence-corrected chi connectivity index (χ1v) is 10.0. The quantitative estimate of drug-likeness (QED) is 0.779. The number of hydrogen-bond acceptors (Lipinski definition) is 6. The maximum absolute atomic E-state index is 12.5. The molecule has 1 aliphatic heterocycles. The van der Waals surface area contributed by atoms with Crippen LogP contribution < -0.4 is 4.90 Å². The van der Waals surface area contributed by atoms with Gasteiger partial charge in [-0.15, -0.1) is 0 Å². The first-order chi connectivity index (χ1) is 13.2. The van der Waals surface area contributed by atoms with Crippen LogP contribution in [-0.4, -0.2) is 52.1 Å². The topological polar surface area (TPSA) is 75.4 Å². The number of pyridine rings is 1. The third-order valence-corrected chi connectivity index (χ3v) is 5.62. The van der Waals surface area contributed by atoms with Crippen LogP contribution in [0, 0.1) is 5.92 Å². The van der Waals surface area contributed by atoms with Gasteiger partial charge in [-0.05, 0) is 37.8 Å². The summed E-state index contributed by atoms with van der Waals surface area (Å²) in [4.78, 5) is 25.8. The van der Waals surface area contributed by atoms with Gasteiger partial charge in [-0.2, -0.15) is 4.98 Å². The number of rotatable bonds is 6. The fourth-order valence-corrected chi connectivity index (χ4v) is 3.61. The number of hydrogen-bond donors (Lipinski definition) is 0. The van der Waals surface area contributed by atoms with Crippen molar-refractivity contribution in [3.05, 3.63) is 24.2 Å². The van der Waals surface area contributed by atoms with Gasteiger partial charge in [-0.1, -0.05) is 19.0 Å². The summed E-state index contributed by atoms with van der Waals surface area (Å²) in [6, 6.07) is 3.99. The van der Waals surface area contributed by atoms with Crippen LogP contribution in [0.25, 0.3) is 11.4 Å². The number of amides is 1. The summed E-state index contributed by atoms with van der Waals surface area (Å²) in [6.07, 6.45) is 5.92. The van der Waals surface area contributed by atoms with Crippen LogP contribution >= 0.6 is 0 Å². The molecule has 144 valence electrons. The molecule has 7 heteroatoms. The molecule has 1 saturated carbocycles. The minimum absolute atomic E-state index is 0.157. The van der Waals surface area contributed by atoms with Crippen molar-refractivity contribution >= 4 is 11.7 Å². The van der Waals surface area contributed by atoms with E-state index in [0.717, 1.165) is 69.1 Å². The van der Waals surface area contributed by atoms with Crippen LogP contribution in [0.5, 0.6) is 0 Å². The third-order valence-electron chi connectivity index (χ3n) is 5.62. The summed E-state index contributed by atoms with van der Waals surface area (Å²) in [5.74, 6) is 3.19. The van der Waals surface area contributed by atoms with E-state index < -0.39 is 0 Å². The van der Waals surface area contributed by atoms with Gasteiger partial charge in [0.2, 0.25) is 17.6 Å².